The topological polar surface area (TPSA) is 141 Å². The Hall–Kier alpha value is -4.51. The Morgan fingerprint density at radius 2 is 1.84 bits per heavy atom. The van der Waals surface area contributed by atoms with Crippen LogP contribution in [0, 0.1) is 12.7 Å². The smallest absolute Gasteiger partial charge is 0.340 e. The van der Waals surface area contributed by atoms with E-state index < -0.39 is 11.8 Å². The van der Waals surface area contributed by atoms with Gasteiger partial charge >= 0.3 is 5.97 Å². The SMILES string of the molecule is COC(=O)c1c(-c2ccc(O)cc2F)nc2n[nH]c(C)c2c1-c1ccc(N2CCNCC2)cc1.O=CO. The van der Waals surface area contributed by atoms with Gasteiger partial charge in [-0.05, 0) is 36.8 Å². The summed E-state index contributed by atoms with van der Waals surface area (Å²) in [5.41, 5.74) is 3.81. The van der Waals surface area contributed by atoms with Crippen molar-refractivity contribution in [3.8, 4) is 28.1 Å². The van der Waals surface area contributed by atoms with Crippen LogP contribution in [0.4, 0.5) is 10.1 Å². The van der Waals surface area contributed by atoms with Gasteiger partial charge in [-0.2, -0.15) is 5.10 Å². The molecule has 5 rings (SSSR count). The molecule has 0 aliphatic carbocycles. The van der Waals surface area contributed by atoms with Crippen molar-refractivity contribution in [2.45, 2.75) is 6.92 Å². The quantitative estimate of drug-likeness (QED) is 0.242. The zero-order valence-corrected chi connectivity index (χ0v) is 20.3. The number of carbonyl (C=O) groups excluding carboxylic acids is 1. The van der Waals surface area contributed by atoms with E-state index >= 15 is 0 Å². The van der Waals surface area contributed by atoms with Gasteiger partial charge in [-0.15, -0.1) is 0 Å². The number of fused-ring (bicyclic) bond motifs is 1. The van der Waals surface area contributed by atoms with Crippen LogP contribution in [0.1, 0.15) is 16.1 Å². The number of anilines is 1. The first-order valence-electron chi connectivity index (χ1n) is 11.5. The number of carbonyl (C=O) groups is 2. The van der Waals surface area contributed by atoms with Crippen molar-refractivity contribution in [1.29, 1.82) is 0 Å². The maximum absolute atomic E-state index is 14.9. The lowest BCUT2D eigenvalue weighted by Gasteiger charge is -2.29. The monoisotopic (exact) mass is 507 g/mol. The average Bonchev–Trinajstić information content (AvgIpc) is 3.28. The number of phenols is 1. The Labute approximate surface area is 211 Å². The molecule has 1 fully saturated rings. The highest BCUT2D eigenvalue weighted by Gasteiger charge is 2.27. The minimum absolute atomic E-state index is 0.0689. The molecule has 2 aromatic heterocycles. The van der Waals surface area contributed by atoms with Crippen LogP contribution < -0.4 is 10.2 Å². The number of H-pyrrole nitrogens is 1. The molecule has 192 valence electrons. The molecule has 0 bridgehead atoms. The van der Waals surface area contributed by atoms with Gasteiger partial charge in [-0.1, -0.05) is 12.1 Å². The van der Waals surface area contributed by atoms with E-state index in [4.69, 9.17) is 14.6 Å². The normalized spacial score (nSPS) is 13.1. The van der Waals surface area contributed by atoms with Crippen LogP contribution in [0.2, 0.25) is 0 Å². The second kappa shape index (κ2) is 11.0. The van der Waals surface area contributed by atoms with Crippen molar-refractivity contribution in [3.63, 3.8) is 0 Å². The summed E-state index contributed by atoms with van der Waals surface area (Å²) in [6, 6.07) is 11.7. The number of esters is 1. The molecular formula is C26H26FN5O5. The van der Waals surface area contributed by atoms with Crippen molar-refractivity contribution < 1.29 is 28.9 Å². The number of aromatic nitrogens is 3. The molecule has 10 nitrogen and oxygen atoms in total. The second-order valence-electron chi connectivity index (χ2n) is 8.30. The van der Waals surface area contributed by atoms with Crippen molar-refractivity contribution in [2.24, 2.45) is 0 Å². The molecule has 3 heterocycles. The number of carboxylic acid groups (broad SMARTS) is 1. The lowest BCUT2D eigenvalue weighted by molar-refractivity contribution is -0.122. The Morgan fingerprint density at radius 1 is 1.16 bits per heavy atom. The maximum atomic E-state index is 14.9. The molecular weight excluding hydrogens is 481 g/mol. The van der Waals surface area contributed by atoms with Crippen LogP contribution in [0.5, 0.6) is 5.75 Å². The van der Waals surface area contributed by atoms with Gasteiger partial charge in [0.15, 0.2) is 5.65 Å². The Morgan fingerprint density at radius 3 is 2.46 bits per heavy atom. The number of aromatic hydroxyl groups is 1. The number of benzene rings is 2. The summed E-state index contributed by atoms with van der Waals surface area (Å²) < 4.78 is 20.0. The highest BCUT2D eigenvalue weighted by atomic mass is 19.1. The van der Waals surface area contributed by atoms with Crippen LogP contribution in [0.3, 0.4) is 0 Å². The van der Waals surface area contributed by atoms with Crippen molar-refractivity contribution in [3.05, 3.63) is 59.5 Å². The summed E-state index contributed by atoms with van der Waals surface area (Å²) in [6.45, 7) is 5.27. The molecule has 0 unspecified atom stereocenters. The minimum Gasteiger partial charge on any atom is -0.508 e. The Kier molecular flexibility index (Phi) is 7.63. The maximum Gasteiger partial charge on any atom is 0.340 e. The number of phenolic OH excluding ortho intramolecular Hbond substituents is 1. The van der Waals surface area contributed by atoms with Crippen molar-refractivity contribution >= 4 is 29.2 Å². The first kappa shape index (κ1) is 25.6. The molecule has 0 radical (unpaired) electrons. The van der Waals surface area contributed by atoms with Gasteiger partial charge < -0.3 is 25.2 Å². The lowest BCUT2D eigenvalue weighted by atomic mass is 9.92. The van der Waals surface area contributed by atoms with Crippen LogP contribution in [0.25, 0.3) is 33.4 Å². The fraction of sp³-hybridized carbons (Fsp3) is 0.231. The third-order valence-corrected chi connectivity index (χ3v) is 6.12. The fourth-order valence-corrected chi connectivity index (χ4v) is 4.44. The number of nitrogens with one attached hydrogen (secondary N) is 2. The summed E-state index contributed by atoms with van der Waals surface area (Å²) in [7, 11) is 1.28. The number of hydrogen-bond acceptors (Lipinski definition) is 8. The highest BCUT2D eigenvalue weighted by Crippen LogP contribution is 2.39. The van der Waals surface area contributed by atoms with E-state index in [0.29, 0.717) is 16.6 Å². The molecule has 2 aromatic carbocycles. The molecule has 0 amide bonds. The summed E-state index contributed by atoms with van der Waals surface area (Å²) >= 11 is 0. The number of halogens is 1. The molecule has 4 aromatic rings. The van der Waals surface area contributed by atoms with E-state index in [1.54, 1.807) is 0 Å². The molecule has 0 saturated carbocycles. The molecule has 1 aliphatic heterocycles. The first-order valence-corrected chi connectivity index (χ1v) is 11.5. The van der Waals surface area contributed by atoms with Crippen molar-refractivity contribution in [2.75, 3.05) is 38.2 Å². The predicted octanol–water partition coefficient (Wildman–Crippen LogP) is 3.34. The van der Waals surface area contributed by atoms with E-state index in [-0.39, 0.29) is 29.0 Å². The summed E-state index contributed by atoms with van der Waals surface area (Å²) in [6.07, 6.45) is 0. The summed E-state index contributed by atoms with van der Waals surface area (Å²) in [4.78, 5) is 28.3. The molecule has 0 spiro atoms. The number of aryl methyl sites for hydroxylation is 1. The zero-order valence-electron chi connectivity index (χ0n) is 20.3. The van der Waals surface area contributed by atoms with E-state index in [1.165, 1.54) is 19.2 Å². The summed E-state index contributed by atoms with van der Waals surface area (Å²) in [5, 5.41) is 27.8. The number of nitrogens with zero attached hydrogens (tertiary/aromatic N) is 3. The minimum atomic E-state index is -0.704. The van der Waals surface area contributed by atoms with Gasteiger partial charge in [0.05, 0.1) is 23.8 Å². The third kappa shape index (κ3) is 5.07. The standard InChI is InChI=1S/C25H24FN5O3.CH2O2/c1-14-20-21(15-3-5-16(6-4-15)31-11-9-27-10-12-31)22(25(33)34-2)23(28-24(20)30-29-14)18-8-7-17(32)13-19(18)26;2-1-3/h3-8,13,27,32H,9-12H2,1-2H3,(H,28,29,30);1H,(H,2,3). The molecule has 37 heavy (non-hydrogen) atoms. The van der Waals surface area contributed by atoms with E-state index in [2.05, 4.69) is 25.4 Å². The largest absolute Gasteiger partial charge is 0.508 e. The predicted molar refractivity (Wildman–Crippen MR) is 136 cm³/mol. The molecule has 4 N–H and O–H groups in total. The van der Waals surface area contributed by atoms with E-state index in [1.807, 2.05) is 31.2 Å². The Bertz CT molecular complexity index is 1430. The number of piperazine rings is 1. The number of rotatable bonds is 4. The van der Waals surface area contributed by atoms with Crippen molar-refractivity contribution in [1.82, 2.24) is 20.5 Å². The average molecular weight is 508 g/mol. The van der Waals surface area contributed by atoms with Crippen LogP contribution in [-0.2, 0) is 9.53 Å². The van der Waals surface area contributed by atoms with Crippen LogP contribution >= 0.6 is 0 Å². The first-order chi connectivity index (χ1) is 17.9. The number of hydrogen-bond donors (Lipinski definition) is 4. The molecule has 11 heteroatoms. The molecule has 0 atom stereocenters. The number of ether oxygens (including phenoxy) is 1. The zero-order chi connectivity index (χ0) is 26.5. The van der Waals surface area contributed by atoms with Gasteiger partial charge in [-0.25, -0.2) is 14.2 Å². The number of methoxy groups -OCH3 is 1. The van der Waals surface area contributed by atoms with Gasteiger partial charge in [0.25, 0.3) is 6.47 Å². The van der Waals surface area contributed by atoms with Gasteiger partial charge in [0.2, 0.25) is 0 Å². The van der Waals surface area contributed by atoms with E-state index in [9.17, 15) is 14.3 Å². The third-order valence-electron chi connectivity index (χ3n) is 6.12. The highest BCUT2D eigenvalue weighted by molar-refractivity contribution is 6.11. The second-order valence-corrected chi connectivity index (χ2v) is 8.30. The van der Waals surface area contributed by atoms with Crippen LogP contribution in [-0.4, -0.2) is 71.1 Å². The number of aromatic amines is 1. The van der Waals surface area contributed by atoms with Gasteiger partial charge in [0.1, 0.15) is 11.6 Å². The van der Waals surface area contributed by atoms with Gasteiger partial charge in [-0.3, -0.25) is 9.89 Å². The van der Waals surface area contributed by atoms with Crippen LogP contribution in [0.15, 0.2) is 42.5 Å². The lowest BCUT2D eigenvalue weighted by Crippen LogP contribution is -2.43. The molecule has 1 saturated heterocycles. The Balaban J connectivity index is 0.00000102. The number of pyridine rings is 1. The molecule has 1 aliphatic rings. The van der Waals surface area contributed by atoms with Gasteiger partial charge in [0, 0.05) is 54.8 Å². The fourth-order valence-electron chi connectivity index (χ4n) is 4.44. The summed E-state index contributed by atoms with van der Waals surface area (Å²) in [5.74, 6) is -1.57. The van der Waals surface area contributed by atoms with E-state index in [0.717, 1.165) is 49.2 Å².